The summed E-state index contributed by atoms with van der Waals surface area (Å²) in [6, 6.07) is 18.3. The number of carbonyl (C=O) groups excluding carboxylic acids is 1. The Morgan fingerprint density at radius 1 is 0.703 bits per heavy atom. The van der Waals surface area contributed by atoms with Crippen LogP contribution in [0, 0.1) is 0 Å². The average molecular weight is 505 g/mol. The Labute approximate surface area is 222 Å². The maximum Gasteiger partial charge on any atom is 0.339 e. The molecule has 0 aromatic heterocycles. The number of benzene rings is 3. The molecule has 0 aliphatic heterocycles. The Balaban J connectivity index is 1.64. The molecule has 0 amide bonds. The largest absolute Gasteiger partial charge is 0.481 e. The molecular formula is C33H44O4. The van der Waals surface area contributed by atoms with Crippen LogP contribution in [0.5, 0.6) is 0 Å². The molecule has 0 spiro atoms. The topological polar surface area (TPSA) is 63.6 Å². The molecule has 0 radical (unpaired) electrons. The van der Waals surface area contributed by atoms with Crippen molar-refractivity contribution in [3.63, 3.8) is 0 Å². The Morgan fingerprint density at radius 2 is 1.19 bits per heavy atom. The number of carboxylic acid groups (broad SMARTS) is 1. The normalized spacial score (nSPS) is 12.1. The van der Waals surface area contributed by atoms with Crippen molar-refractivity contribution in [2.75, 3.05) is 0 Å². The molecule has 1 atom stereocenters. The number of carboxylic acids is 1. The second-order valence-electron chi connectivity index (χ2n) is 10.3. The maximum absolute atomic E-state index is 13.7. The van der Waals surface area contributed by atoms with E-state index in [2.05, 4.69) is 25.1 Å². The van der Waals surface area contributed by atoms with Crippen molar-refractivity contribution < 1.29 is 19.4 Å². The molecule has 3 rings (SSSR count). The summed E-state index contributed by atoms with van der Waals surface area (Å²) in [5.41, 5.74) is 0.673. The number of hydrogen-bond acceptors (Lipinski definition) is 3. The van der Waals surface area contributed by atoms with Crippen molar-refractivity contribution in [3.8, 4) is 0 Å². The fourth-order valence-corrected chi connectivity index (χ4v) is 5.21. The molecule has 0 heterocycles. The highest BCUT2D eigenvalue weighted by atomic mass is 16.5. The minimum atomic E-state index is -0.720. The van der Waals surface area contributed by atoms with Crippen molar-refractivity contribution in [3.05, 3.63) is 60.2 Å². The van der Waals surface area contributed by atoms with Crippen LogP contribution in [0.1, 0.15) is 114 Å². The molecule has 200 valence electrons. The van der Waals surface area contributed by atoms with Crippen LogP contribution >= 0.6 is 0 Å². The molecule has 0 bridgehead atoms. The van der Waals surface area contributed by atoms with Gasteiger partial charge < -0.3 is 9.84 Å². The molecular weight excluding hydrogens is 460 g/mol. The summed E-state index contributed by atoms with van der Waals surface area (Å²) in [4.78, 5) is 24.4. The van der Waals surface area contributed by atoms with Crippen LogP contribution < -0.4 is 0 Å². The first-order valence-corrected chi connectivity index (χ1v) is 14.4. The fraction of sp³-hybridized carbons (Fsp3) is 0.515. The summed E-state index contributed by atoms with van der Waals surface area (Å²) >= 11 is 0. The highest BCUT2D eigenvalue weighted by Gasteiger charge is 2.20. The van der Waals surface area contributed by atoms with Gasteiger partial charge in [-0.3, -0.25) is 4.79 Å². The van der Waals surface area contributed by atoms with Gasteiger partial charge in [0.2, 0.25) is 0 Å². The van der Waals surface area contributed by atoms with Gasteiger partial charge in [0.1, 0.15) is 6.10 Å². The number of ether oxygens (including phenoxy) is 1. The Hall–Kier alpha value is -2.88. The zero-order chi connectivity index (χ0) is 26.3. The summed E-state index contributed by atoms with van der Waals surface area (Å²) < 4.78 is 6.24. The van der Waals surface area contributed by atoms with Crippen LogP contribution in [0.3, 0.4) is 0 Å². The molecule has 3 aromatic rings. The van der Waals surface area contributed by atoms with Gasteiger partial charge in [0, 0.05) is 6.42 Å². The van der Waals surface area contributed by atoms with E-state index in [-0.39, 0.29) is 18.5 Å². The summed E-state index contributed by atoms with van der Waals surface area (Å²) in [5, 5.41) is 12.8. The standard InChI is InChI=1S/C33H44O4/c1-2-3-4-5-6-8-11-20-28(21-12-9-7-10-13-24-31(34)35)37-33(36)32-29-22-16-14-18-26(29)25-27-19-15-17-23-30(27)32/h14-19,22-23,25,28H,2-13,20-21,24H2,1H3,(H,34,35)/t28-/m0/s1. The van der Waals surface area contributed by atoms with Crippen molar-refractivity contribution >= 4 is 33.5 Å². The summed E-state index contributed by atoms with van der Waals surface area (Å²) in [6.45, 7) is 2.24. The van der Waals surface area contributed by atoms with Crippen molar-refractivity contribution in [1.82, 2.24) is 0 Å². The van der Waals surface area contributed by atoms with Crippen LogP contribution in [-0.2, 0) is 9.53 Å². The minimum Gasteiger partial charge on any atom is -0.481 e. The molecule has 37 heavy (non-hydrogen) atoms. The zero-order valence-corrected chi connectivity index (χ0v) is 22.6. The van der Waals surface area contributed by atoms with Crippen LogP contribution in [-0.4, -0.2) is 23.1 Å². The number of carbonyl (C=O) groups is 2. The highest BCUT2D eigenvalue weighted by molar-refractivity contribution is 6.16. The van der Waals surface area contributed by atoms with Crippen LogP contribution in [0.25, 0.3) is 21.5 Å². The van der Waals surface area contributed by atoms with Crippen molar-refractivity contribution in [1.29, 1.82) is 0 Å². The SMILES string of the molecule is CCCCCCCCC[C@@H](CCCCCCCC(=O)O)OC(=O)c1c2ccccc2cc2ccccc12. The lowest BCUT2D eigenvalue weighted by Crippen LogP contribution is -2.19. The highest BCUT2D eigenvalue weighted by Crippen LogP contribution is 2.30. The lowest BCUT2D eigenvalue weighted by Gasteiger charge is -2.20. The third kappa shape index (κ3) is 9.50. The van der Waals surface area contributed by atoms with Crippen LogP contribution in [0.2, 0.25) is 0 Å². The number of aliphatic carboxylic acids is 1. The quantitative estimate of drug-likeness (QED) is 0.106. The number of esters is 1. The van der Waals surface area contributed by atoms with Crippen LogP contribution in [0.4, 0.5) is 0 Å². The number of rotatable bonds is 18. The molecule has 0 aliphatic carbocycles. The lowest BCUT2D eigenvalue weighted by atomic mass is 9.96. The second kappa shape index (κ2) is 16.1. The van der Waals surface area contributed by atoms with Crippen molar-refractivity contribution in [2.45, 2.75) is 109 Å². The number of unbranched alkanes of at least 4 members (excludes halogenated alkanes) is 10. The predicted molar refractivity (Wildman–Crippen MR) is 153 cm³/mol. The Bertz CT molecular complexity index is 1070. The van der Waals surface area contributed by atoms with Crippen LogP contribution in [0.15, 0.2) is 54.6 Å². The molecule has 0 fully saturated rings. The van der Waals surface area contributed by atoms with Gasteiger partial charge in [-0.2, -0.15) is 0 Å². The maximum atomic E-state index is 13.7. The first-order chi connectivity index (χ1) is 18.1. The monoisotopic (exact) mass is 504 g/mol. The molecule has 1 N–H and O–H groups in total. The third-order valence-corrected chi connectivity index (χ3v) is 7.30. The summed E-state index contributed by atoms with van der Waals surface area (Å²) in [5.74, 6) is -0.940. The van der Waals surface area contributed by atoms with Gasteiger partial charge >= 0.3 is 11.9 Å². The molecule has 0 aliphatic rings. The van der Waals surface area contributed by atoms with E-state index >= 15 is 0 Å². The van der Waals surface area contributed by atoms with E-state index in [4.69, 9.17) is 9.84 Å². The van der Waals surface area contributed by atoms with Gasteiger partial charge in [0.05, 0.1) is 5.56 Å². The van der Waals surface area contributed by atoms with E-state index in [0.29, 0.717) is 5.56 Å². The van der Waals surface area contributed by atoms with Gasteiger partial charge in [0.25, 0.3) is 0 Å². The van der Waals surface area contributed by atoms with E-state index in [1.54, 1.807) is 0 Å². The smallest absolute Gasteiger partial charge is 0.339 e. The fourth-order valence-electron chi connectivity index (χ4n) is 5.21. The average Bonchev–Trinajstić information content (AvgIpc) is 2.90. The second-order valence-corrected chi connectivity index (χ2v) is 10.3. The zero-order valence-electron chi connectivity index (χ0n) is 22.6. The van der Waals surface area contributed by atoms with E-state index in [9.17, 15) is 9.59 Å². The third-order valence-electron chi connectivity index (χ3n) is 7.30. The Morgan fingerprint density at radius 3 is 1.73 bits per heavy atom. The van der Waals surface area contributed by atoms with Crippen molar-refractivity contribution in [2.24, 2.45) is 0 Å². The molecule has 3 aromatic carbocycles. The van der Waals surface area contributed by atoms with Gasteiger partial charge in [-0.15, -0.1) is 0 Å². The molecule has 0 saturated carbocycles. The van der Waals surface area contributed by atoms with Gasteiger partial charge in [-0.05, 0) is 59.7 Å². The van der Waals surface area contributed by atoms with Gasteiger partial charge in [-0.1, -0.05) is 113 Å². The van der Waals surface area contributed by atoms with E-state index in [1.165, 1.54) is 38.5 Å². The molecule has 0 saturated heterocycles. The first-order valence-electron chi connectivity index (χ1n) is 14.4. The first kappa shape index (κ1) is 28.7. The molecule has 4 heteroatoms. The summed E-state index contributed by atoms with van der Waals surface area (Å²) in [7, 11) is 0. The number of fused-ring (bicyclic) bond motifs is 2. The van der Waals surface area contributed by atoms with Gasteiger partial charge in [0.15, 0.2) is 0 Å². The van der Waals surface area contributed by atoms with E-state index in [1.807, 2.05) is 36.4 Å². The van der Waals surface area contributed by atoms with E-state index < -0.39 is 5.97 Å². The molecule has 0 unspecified atom stereocenters. The Kier molecular flexibility index (Phi) is 12.5. The van der Waals surface area contributed by atoms with Gasteiger partial charge in [-0.25, -0.2) is 4.79 Å². The van der Waals surface area contributed by atoms with E-state index in [0.717, 1.165) is 72.9 Å². The molecule has 4 nitrogen and oxygen atoms in total. The minimum absolute atomic E-state index is 0.0834. The number of hydrogen-bond donors (Lipinski definition) is 1. The predicted octanol–water partition coefficient (Wildman–Crippen LogP) is 9.47. The summed E-state index contributed by atoms with van der Waals surface area (Å²) in [6.07, 6.45) is 15.4. The lowest BCUT2D eigenvalue weighted by molar-refractivity contribution is -0.137.